The molecule has 5 nitrogen and oxygen atoms in total. The number of anilines is 1. The molecule has 0 radical (unpaired) electrons. The van der Waals surface area contributed by atoms with Crippen LogP contribution in [0.3, 0.4) is 0 Å². The first-order valence-electron chi connectivity index (χ1n) is 5.89. The maximum atomic E-state index is 11.9. The molecule has 1 fully saturated rings. The van der Waals surface area contributed by atoms with Gasteiger partial charge < -0.3 is 11.1 Å². The molecule has 0 aliphatic heterocycles. The zero-order valence-corrected chi connectivity index (χ0v) is 11.4. The van der Waals surface area contributed by atoms with E-state index >= 15 is 0 Å². The predicted octanol–water partition coefficient (Wildman–Crippen LogP) is 1.32. The van der Waals surface area contributed by atoms with E-state index in [-0.39, 0.29) is 5.56 Å². The first-order valence-corrected chi connectivity index (χ1v) is 6.68. The molecule has 0 bridgehead atoms. The van der Waals surface area contributed by atoms with Crippen LogP contribution in [0.25, 0.3) is 0 Å². The van der Waals surface area contributed by atoms with Crippen LogP contribution >= 0.6 is 15.9 Å². The second-order valence-electron chi connectivity index (χ2n) is 4.47. The van der Waals surface area contributed by atoms with Crippen molar-refractivity contribution >= 4 is 21.6 Å². The first kappa shape index (κ1) is 12.6. The van der Waals surface area contributed by atoms with Gasteiger partial charge in [-0.15, -0.1) is 0 Å². The van der Waals surface area contributed by atoms with E-state index in [4.69, 9.17) is 5.73 Å². The van der Waals surface area contributed by atoms with Crippen LogP contribution in [0, 0.1) is 0 Å². The minimum atomic E-state index is -0.0829. The van der Waals surface area contributed by atoms with E-state index < -0.39 is 0 Å². The fraction of sp³-hybridized carbons (Fsp3) is 0.636. The molecule has 0 unspecified atom stereocenters. The van der Waals surface area contributed by atoms with Gasteiger partial charge in [0.05, 0.1) is 11.9 Å². The highest BCUT2D eigenvalue weighted by molar-refractivity contribution is 9.10. The molecule has 0 amide bonds. The third-order valence-electron chi connectivity index (χ3n) is 2.95. The molecule has 2 rings (SSSR count). The Bertz CT molecular complexity index is 453. The minimum Gasteiger partial charge on any atom is -0.380 e. The molecule has 1 aromatic heterocycles. The zero-order valence-electron chi connectivity index (χ0n) is 9.82. The summed E-state index contributed by atoms with van der Waals surface area (Å²) in [7, 11) is 0. The fourth-order valence-corrected chi connectivity index (χ4v) is 2.36. The number of rotatable bonds is 4. The Labute approximate surface area is 109 Å². The maximum absolute atomic E-state index is 11.9. The summed E-state index contributed by atoms with van der Waals surface area (Å²) in [6.45, 7) is 2.66. The van der Waals surface area contributed by atoms with Gasteiger partial charge in [0, 0.05) is 18.6 Å². The number of hydrogen-bond acceptors (Lipinski definition) is 4. The largest absolute Gasteiger partial charge is 0.380 e. The summed E-state index contributed by atoms with van der Waals surface area (Å²) in [5, 5.41) is 7.42. The maximum Gasteiger partial charge on any atom is 0.283 e. The molecule has 0 aromatic carbocycles. The Morgan fingerprint density at radius 2 is 2.35 bits per heavy atom. The van der Waals surface area contributed by atoms with Gasteiger partial charge >= 0.3 is 0 Å². The van der Waals surface area contributed by atoms with Crippen LogP contribution in [-0.2, 0) is 6.54 Å². The SMILES string of the molecule is CCCn1ncc(NC2CC(N)C2)c(Br)c1=O. The lowest BCUT2D eigenvalue weighted by Crippen LogP contribution is -2.44. The van der Waals surface area contributed by atoms with E-state index in [2.05, 4.69) is 26.3 Å². The highest BCUT2D eigenvalue weighted by Crippen LogP contribution is 2.25. The molecule has 1 heterocycles. The molecule has 17 heavy (non-hydrogen) atoms. The average molecular weight is 301 g/mol. The number of aryl methyl sites for hydroxylation is 1. The van der Waals surface area contributed by atoms with E-state index in [0.29, 0.717) is 23.1 Å². The van der Waals surface area contributed by atoms with Crippen LogP contribution in [0.5, 0.6) is 0 Å². The monoisotopic (exact) mass is 300 g/mol. The molecule has 1 aromatic rings. The summed E-state index contributed by atoms with van der Waals surface area (Å²) < 4.78 is 2.03. The minimum absolute atomic E-state index is 0.0829. The molecule has 1 aliphatic carbocycles. The van der Waals surface area contributed by atoms with Crippen molar-refractivity contribution in [3.8, 4) is 0 Å². The number of hydrogen-bond donors (Lipinski definition) is 2. The van der Waals surface area contributed by atoms with Gasteiger partial charge in [-0.2, -0.15) is 5.10 Å². The fourth-order valence-electron chi connectivity index (χ4n) is 1.94. The van der Waals surface area contributed by atoms with E-state index in [0.717, 1.165) is 24.9 Å². The van der Waals surface area contributed by atoms with Crippen molar-refractivity contribution in [3.05, 3.63) is 21.0 Å². The van der Waals surface area contributed by atoms with Crippen molar-refractivity contribution in [2.24, 2.45) is 5.73 Å². The summed E-state index contributed by atoms with van der Waals surface area (Å²) in [6, 6.07) is 0.657. The van der Waals surface area contributed by atoms with Crippen molar-refractivity contribution in [1.29, 1.82) is 0 Å². The van der Waals surface area contributed by atoms with Crippen molar-refractivity contribution in [3.63, 3.8) is 0 Å². The van der Waals surface area contributed by atoms with Crippen LogP contribution in [-0.4, -0.2) is 21.9 Å². The molecule has 1 aliphatic rings. The van der Waals surface area contributed by atoms with E-state index in [1.807, 2.05) is 6.92 Å². The summed E-state index contributed by atoms with van der Waals surface area (Å²) >= 11 is 3.33. The standard InChI is InChI=1S/C11H17BrN4O/c1-2-3-16-11(17)10(12)9(6-14-16)15-8-4-7(13)5-8/h6-8,15H,2-5,13H2,1H3. The first-order chi connectivity index (χ1) is 8.11. The zero-order chi connectivity index (χ0) is 12.4. The predicted molar refractivity (Wildman–Crippen MR) is 71.1 cm³/mol. The molecule has 94 valence electrons. The van der Waals surface area contributed by atoms with Gasteiger partial charge in [-0.3, -0.25) is 4.79 Å². The van der Waals surface area contributed by atoms with Gasteiger partial charge in [-0.25, -0.2) is 4.68 Å². The van der Waals surface area contributed by atoms with Crippen LogP contribution in [0.4, 0.5) is 5.69 Å². The van der Waals surface area contributed by atoms with Gasteiger partial charge in [0.2, 0.25) is 0 Å². The van der Waals surface area contributed by atoms with E-state index in [1.165, 1.54) is 4.68 Å². The number of halogens is 1. The Balaban J connectivity index is 2.13. The number of nitrogens with one attached hydrogen (secondary N) is 1. The van der Waals surface area contributed by atoms with Gasteiger partial charge in [0.1, 0.15) is 4.47 Å². The van der Waals surface area contributed by atoms with Gasteiger partial charge in [-0.05, 0) is 35.2 Å². The Hall–Kier alpha value is -0.880. The van der Waals surface area contributed by atoms with E-state index in [9.17, 15) is 4.79 Å². The van der Waals surface area contributed by atoms with Crippen molar-refractivity contribution in [1.82, 2.24) is 9.78 Å². The normalized spacial score (nSPS) is 23.2. The van der Waals surface area contributed by atoms with Crippen LogP contribution in [0.15, 0.2) is 15.5 Å². The molecule has 1 saturated carbocycles. The molecule has 6 heteroatoms. The summed E-state index contributed by atoms with van der Waals surface area (Å²) in [5.41, 5.74) is 6.40. The average Bonchev–Trinajstić information content (AvgIpc) is 2.26. The quantitative estimate of drug-likeness (QED) is 0.879. The molecular formula is C11H17BrN4O. The summed E-state index contributed by atoms with van der Waals surface area (Å²) in [6.07, 6.45) is 4.49. The topological polar surface area (TPSA) is 72.9 Å². The third-order valence-corrected chi connectivity index (χ3v) is 3.72. The highest BCUT2D eigenvalue weighted by atomic mass is 79.9. The van der Waals surface area contributed by atoms with Crippen molar-refractivity contribution in [2.75, 3.05) is 5.32 Å². The molecular weight excluding hydrogens is 284 g/mol. The number of aromatic nitrogens is 2. The Morgan fingerprint density at radius 1 is 1.65 bits per heavy atom. The lowest BCUT2D eigenvalue weighted by Gasteiger charge is -2.33. The van der Waals surface area contributed by atoms with Crippen molar-refractivity contribution in [2.45, 2.75) is 44.8 Å². The van der Waals surface area contributed by atoms with Gasteiger partial charge in [-0.1, -0.05) is 6.92 Å². The summed E-state index contributed by atoms with van der Waals surface area (Å²) in [4.78, 5) is 11.9. The van der Waals surface area contributed by atoms with Crippen molar-refractivity contribution < 1.29 is 0 Å². The van der Waals surface area contributed by atoms with Crippen LogP contribution in [0.1, 0.15) is 26.2 Å². The lowest BCUT2D eigenvalue weighted by atomic mass is 9.87. The van der Waals surface area contributed by atoms with E-state index in [1.54, 1.807) is 6.20 Å². The Kier molecular flexibility index (Phi) is 3.83. The molecule has 0 saturated heterocycles. The van der Waals surface area contributed by atoms with Gasteiger partial charge in [0.25, 0.3) is 5.56 Å². The number of nitrogens with two attached hydrogens (primary N) is 1. The second kappa shape index (κ2) is 5.18. The molecule has 0 spiro atoms. The lowest BCUT2D eigenvalue weighted by molar-refractivity contribution is 0.373. The third kappa shape index (κ3) is 2.69. The van der Waals surface area contributed by atoms with Gasteiger partial charge in [0.15, 0.2) is 0 Å². The summed E-state index contributed by atoms with van der Waals surface area (Å²) in [5.74, 6) is 0. The number of nitrogens with zero attached hydrogens (tertiary/aromatic N) is 2. The molecule has 3 N–H and O–H groups in total. The van der Waals surface area contributed by atoms with Crippen LogP contribution < -0.4 is 16.6 Å². The second-order valence-corrected chi connectivity index (χ2v) is 5.27. The smallest absolute Gasteiger partial charge is 0.283 e. The van der Waals surface area contributed by atoms with Crippen LogP contribution in [0.2, 0.25) is 0 Å². The molecule has 0 atom stereocenters. The Morgan fingerprint density at radius 3 is 2.94 bits per heavy atom. The highest BCUT2D eigenvalue weighted by Gasteiger charge is 2.26.